The van der Waals surface area contributed by atoms with Gasteiger partial charge in [0.05, 0.1) is 11.4 Å². The average molecular weight is 290 g/mol. The molecule has 1 aromatic carbocycles. The molecule has 0 radical (unpaired) electrons. The molecule has 1 aromatic rings. The standard InChI is InChI=1S/C16H22N2OS/c1-2-13-8-10-16(11-9-13)18(15(19)12-20-16)17-14-6-4-3-5-7-14/h3-7,13,17H,2,8-12H2,1H3. The monoisotopic (exact) mass is 290 g/mol. The van der Waals surface area contributed by atoms with Crippen LogP contribution in [-0.4, -0.2) is 21.5 Å². The number of hydrogen-bond donors (Lipinski definition) is 1. The molecular formula is C16H22N2OS. The van der Waals surface area contributed by atoms with Crippen LogP contribution in [0.25, 0.3) is 0 Å². The molecule has 0 bridgehead atoms. The maximum Gasteiger partial charge on any atom is 0.252 e. The van der Waals surface area contributed by atoms with Gasteiger partial charge in [-0.25, -0.2) is 5.01 Å². The Hall–Kier alpha value is -1.16. The molecule has 108 valence electrons. The zero-order valence-corrected chi connectivity index (χ0v) is 12.8. The molecule has 1 aliphatic carbocycles. The normalized spacial score (nSPS) is 29.9. The van der Waals surface area contributed by atoms with E-state index in [1.165, 1.54) is 19.3 Å². The van der Waals surface area contributed by atoms with Gasteiger partial charge in [0.25, 0.3) is 5.91 Å². The zero-order chi connectivity index (χ0) is 14.0. The number of anilines is 1. The smallest absolute Gasteiger partial charge is 0.252 e. The Bertz CT molecular complexity index is 469. The van der Waals surface area contributed by atoms with Gasteiger partial charge in [-0.1, -0.05) is 31.5 Å². The molecule has 3 rings (SSSR count). The van der Waals surface area contributed by atoms with Crippen molar-refractivity contribution in [2.45, 2.75) is 43.9 Å². The Morgan fingerprint density at radius 3 is 2.65 bits per heavy atom. The summed E-state index contributed by atoms with van der Waals surface area (Å²) in [5.41, 5.74) is 4.35. The van der Waals surface area contributed by atoms with Crippen LogP contribution >= 0.6 is 11.8 Å². The third-order valence-electron chi connectivity index (χ3n) is 4.60. The summed E-state index contributed by atoms with van der Waals surface area (Å²) < 4.78 is 0. The van der Waals surface area contributed by atoms with Crippen LogP contribution in [-0.2, 0) is 4.79 Å². The van der Waals surface area contributed by atoms with E-state index >= 15 is 0 Å². The van der Waals surface area contributed by atoms with Crippen molar-refractivity contribution >= 4 is 23.4 Å². The zero-order valence-electron chi connectivity index (χ0n) is 12.0. The lowest BCUT2D eigenvalue weighted by Gasteiger charge is -2.42. The lowest BCUT2D eigenvalue weighted by molar-refractivity contribution is -0.129. The average Bonchev–Trinajstić information content (AvgIpc) is 2.79. The number of hydrogen-bond acceptors (Lipinski definition) is 3. The number of nitrogens with one attached hydrogen (secondary N) is 1. The maximum atomic E-state index is 12.2. The van der Waals surface area contributed by atoms with Crippen molar-refractivity contribution in [1.29, 1.82) is 0 Å². The Morgan fingerprint density at radius 1 is 1.30 bits per heavy atom. The number of para-hydroxylation sites is 1. The second-order valence-corrected chi connectivity index (χ2v) is 7.13. The van der Waals surface area contributed by atoms with Crippen molar-refractivity contribution < 1.29 is 4.79 Å². The predicted molar refractivity (Wildman–Crippen MR) is 84.3 cm³/mol. The third-order valence-corrected chi connectivity index (χ3v) is 6.12. The van der Waals surface area contributed by atoms with E-state index in [0.717, 1.165) is 24.4 Å². The molecule has 2 aliphatic rings. The van der Waals surface area contributed by atoms with E-state index in [0.29, 0.717) is 5.75 Å². The van der Waals surface area contributed by atoms with Gasteiger partial charge in [-0.05, 0) is 43.7 Å². The molecule has 2 fully saturated rings. The Morgan fingerprint density at radius 2 is 2.00 bits per heavy atom. The summed E-state index contributed by atoms with van der Waals surface area (Å²) in [5.74, 6) is 1.67. The molecule has 1 amide bonds. The van der Waals surface area contributed by atoms with Crippen LogP contribution in [0.15, 0.2) is 30.3 Å². The highest BCUT2D eigenvalue weighted by Crippen LogP contribution is 2.48. The van der Waals surface area contributed by atoms with Gasteiger partial charge < -0.3 is 0 Å². The fourth-order valence-electron chi connectivity index (χ4n) is 3.26. The molecule has 1 spiro atoms. The van der Waals surface area contributed by atoms with Crippen molar-refractivity contribution in [2.75, 3.05) is 11.2 Å². The predicted octanol–water partition coefficient (Wildman–Crippen LogP) is 3.89. The van der Waals surface area contributed by atoms with Crippen molar-refractivity contribution in [1.82, 2.24) is 5.01 Å². The largest absolute Gasteiger partial charge is 0.295 e. The first kappa shape index (κ1) is 13.8. The van der Waals surface area contributed by atoms with Crippen molar-refractivity contribution in [2.24, 2.45) is 5.92 Å². The van der Waals surface area contributed by atoms with E-state index in [4.69, 9.17) is 0 Å². The molecule has 1 heterocycles. The first-order valence-corrected chi connectivity index (χ1v) is 8.51. The fraction of sp³-hybridized carbons (Fsp3) is 0.562. The van der Waals surface area contributed by atoms with Crippen LogP contribution in [0.1, 0.15) is 39.0 Å². The number of benzene rings is 1. The molecule has 1 N–H and O–H groups in total. The third kappa shape index (κ3) is 2.53. The first-order chi connectivity index (χ1) is 9.73. The van der Waals surface area contributed by atoms with Gasteiger partial charge >= 0.3 is 0 Å². The second kappa shape index (κ2) is 5.68. The Balaban J connectivity index is 1.75. The molecule has 20 heavy (non-hydrogen) atoms. The van der Waals surface area contributed by atoms with Crippen LogP contribution in [0.3, 0.4) is 0 Å². The highest BCUT2D eigenvalue weighted by molar-refractivity contribution is 8.01. The maximum absolute atomic E-state index is 12.2. The fourth-order valence-corrected chi connectivity index (χ4v) is 4.59. The number of hydrazine groups is 1. The topological polar surface area (TPSA) is 32.3 Å². The highest BCUT2D eigenvalue weighted by atomic mass is 32.2. The summed E-state index contributed by atoms with van der Waals surface area (Å²) >= 11 is 1.83. The van der Waals surface area contributed by atoms with E-state index in [2.05, 4.69) is 12.3 Å². The van der Waals surface area contributed by atoms with Crippen molar-refractivity contribution in [3.8, 4) is 0 Å². The Kier molecular flexibility index (Phi) is 3.92. The lowest BCUT2D eigenvalue weighted by atomic mass is 9.84. The lowest BCUT2D eigenvalue weighted by Crippen LogP contribution is -2.49. The minimum absolute atomic E-state index is 0.0153. The SMILES string of the molecule is CCC1CCC2(CC1)SCC(=O)N2Nc1ccccc1. The number of amides is 1. The van der Waals surface area contributed by atoms with Gasteiger partial charge in [0.15, 0.2) is 0 Å². The van der Waals surface area contributed by atoms with Crippen LogP contribution < -0.4 is 5.43 Å². The highest BCUT2D eigenvalue weighted by Gasteiger charge is 2.48. The van der Waals surface area contributed by atoms with Gasteiger partial charge in [0, 0.05) is 0 Å². The summed E-state index contributed by atoms with van der Waals surface area (Å²) in [7, 11) is 0. The van der Waals surface area contributed by atoms with Gasteiger partial charge in [0.2, 0.25) is 0 Å². The molecule has 1 saturated heterocycles. The number of rotatable bonds is 3. The van der Waals surface area contributed by atoms with Crippen LogP contribution in [0.2, 0.25) is 0 Å². The van der Waals surface area contributed by atoms with Crippen LogP contribution in [0.5, 0.6) is 0 Å². The molecule has 1 aliphatic heterocycles. The summed E-state index contributed by atoms with van der Waals surface area (Å²) in [5, 5.41) is 1.92. The summed E-state index contributed by atoms with van der Waals surface area (Å²) in [6.45, 7) is 2.27. The molecule has 3 nitrogen and oxygen atoms in total. The van der Waals surface area contributed by atoms with Crippen molar-refractivity contribution in [3.63, 3.8) is 0 Å². The molecular weight excluding hydrogens is 268 g/mol. The van der Waals surface area contributed by atoms with E-state index in [1.807, 2.05) is 47.1 Å². The van der Waals surface area contributed by atoms with E-state index in [1.54, 1.807) is 0 Å². The summed E-state index contributed by atoms with van der Waals surface area (Å²) in [4.78, 5) is 12.2. The van der Waals surface area contributed by atoms with Gasteiger partial charge in [-0.15, -0.1) is 11.8 Å². The second-order valence-electron chi connectivity index (χ2n) is 5.79. The summed E-state index contributed by atoms with van der Waals surface area (Å²) in [6, 6.07) is 10.0. The molecule has 1 saturated carbocycles. The van der Waals surface area contributed by atoms with E-state index in [-0.39, 0.29) is 10.8 Å². The van der Waals surface area contributed by atoms with Gasteiger partial charge in [-0.2, -0.15) is 0 Å². The Labute approximate surface area is 125 Å². The minimum Gasteiger partial charge on any atom is -0.295 e. The molecule has 0 aromatic heterocycles. The number of carbonyl (C=O) groups is 1. The van der Waals surface area contributed by atoms with E-state index < -0.39 is 0 Å². The molecule has 4 heteroatoms. The quantitative estimate of drug-likeness (QED) is 0.916. The van der Waals surface area contributed by atoms with Crippen LogP contribution in [0.4, 0.5) is 5.69 Å². The number of thioether (sulfide) groups is 1. The number of carbonyl (C=O) groups excluding carboxylic acids is 1. The molecule has 0 atom stereocenters. The van der Waals surface area contributed by atoms with Crippen LogP contribution in [0, 0.1) is 5.92 Å². The van der Waals surface area contributed by atoms with E-state index in [9.17, 15) is 4.79 Å². The van der Waals surface area contributed by atoms with Gasteiger partial charge in [0.1, 0.15) is 4.87 Å². The van der Waals surface area contributed by atoms with Gasteiger partial charge in [-0.3, -0.25) is 10.2 Å². The molecule has 0 unspecified atom stereocenters. The number of nitrogens with zero attached hydrogens (tertiary/aromatic N) is 1. The first-order valence-electron chi connectivity index (χ1n) is 7.52. The summed E-state index contributed by atoms with van der Waals surface area (Å²) in [6.07, 6.45) is 5.97. The van der Waals surface area contributed by atoms with Crippen molar-refractivity contribution in [3.05, 3.63) is 30.3 Å². The minimum atomic E-state index is -0.0153.